The van der Waals surface area contributed by atoms with Gasteiger partial charge in [0.15, 0.2) is 12.4 Å². The van der Waals surface area contributed by atoms with E-state index in [1.165, 1.54) is 6.07 Å². The van der Waals surface area contributed by atoms with Crippen molar-refractivity contribution in [2.45, 2.75) is 6.61 Å². The average Bonchev–Trinajstić information content (AvgIpc) is 3.27. The van der Waals surface area contributed by atoms with Crippen LogP contribution in [-0.4, -0.2) is 21.9 Å². The summed E-state index contributed by atoms with van der Waals surface area (Å²) in [6.45, 7) is -0.216. The third-order valence-corrected chi connectivity index (χ3v) is 5.16. The topological polar surface area (TPSA) is 82.3 Å². The molecular formula is C23H14BrClN2O4. The summed E-state index contributed by atoms with van der Waals surface area (Å²) in [4.78, 5) is 25.5. The summed E-state index contributed by atoms with van der Waals surface area (Å²) in [6, 6.07) is 20.3. The highest BCUT2D eigenvalue weighted by molar-refractivity contribution is 9.10. The lowest BCUT2D eigenvalue weighted by atomic mass is 9.98. The Kier molecular flexibility index (Phi) is 6.25. The molecule has 0 bridgehead atoms. The van der Waals surface area contributed by atoms with E-state index in [1.54, 1.807) is 42.5 Å². The van der Waals surface area contributed by atoms with Crippen LogP contribution in [0, 0.1) is 0 Å². The molecule has 31 heavy (non-hydrogen) atoms. The van der Waals surface area contributed by atoms with Gasteiger partial charge < -0.3 is 9.15 Å². The van der Waals surface area contributed by atoms with E-state index in [0.717, 1.165) is 10.0 Å². The van der Waals surface area contributed by atoms with Gasteiger partial charge in [-0.05, 0) is 54.6 Å². The summed E-state index contributed by atoms with van der Waals surface area (Å²) >= 11 is 9.25. The van der Waals surface area contributed by atoms with Crippen molar-refractivity contribution in [3.8, 4) is 11.5 Å². The fourth-order valence-corrected chi connectivity index (χ4v) is 3.23. The zero-order valence-corrected chi connectivity index (χ0v) is 18.3. The monoisotopic (exact) mass is 496 g/mol. The van der Waals surface area contributed by atoms with Gasteiger partial charge in [-0.3, -0.25) is 4.79 Å². The molecule has 1 aromatic heterocycles. The molecule has 3 aromatic carbocycles. The van der Waals surface area contributed by atoms with Crippen LogP contribution in [0.5, 0.6) is 0 Å². The number of carbonyl (C=O) groups excluding carboxylic acids is 2. The van der Waals surface area contributed by atoms with Crippen LogP contribution >= 0.6 is 27.5 Å². The van der Waals surface area contributed by atoms with Crippen LogP contribution in [0.1, 0.15) is 32.2 Å². The second-order valence-corrected chi connectivity index (χ2v) is 7.82. The maximum atomic E-state index is 12.8. The number of hydrogen-bond donors (Lipinski definition) is 0. The first-order chi connectivity index (χ1) is 15.0. The molecule has 4 aromatic rings. The first-order valence-electron chi connectivity index (χ1n) is 9.16. The lowest BCUT2D eigenvalue weighted by Crippen LogP contribution is -2.12. The highest BCUT2D eigenvalue weighted by atomic mass is 79.9. The largest absolute Gasteiger partial charge is 0.452 e. The lowest BCUT2D eigenvalue weighted by Gasteiger charge is -2.08. The van der Waals surface area contributed by atoms with Gasteiger partial charge in [0.05, 0.1) is 5.56 Å². The Hall–Kier alpha value is -3.29. The van der Waals surface area contributed by atoms with Crippen molar-refractivity contribution in [2.24, 2.45) is 0 Å². The van der Waals surface area contributed by atoms with Crippen molar-refractivity contribution in [1.29, 1.82) is 0 Å². The lowest BCUT2D eigenvalue weighted by molar-refractivity contribution is 0.0436. The van der Waals surface area contributed by atoms with Gasteiger partial charge in [0.2, 0.25) is 5.89 Å². The Balaban J connectivity index is 1.48. The second-order valence-electron chi connectivity index (χ2n) is 6.47. The molecule has 6 nitrogen and oxygen atoms in total. The first kappa shape index (κ1) is 21.0. The van der Waals surface area contributed by atoms with E-state index in [9.17, 15) is 9.59 Å². The maximum absolute atomic E-state index is 12.8. The number of esters is 1. The number of rotatable bonds is 6. The number of aromatic nitrogens is 2. The van der Waals surface area contributed by atoms with Crippen molar-refractivity contribution >= 4 is 39.3 Å². The van der Waals surface area contributed by atoms with Gasteiger partial charge in [-0.2, -0.15) is 0 Å². The molecule has 1 heterocycles. The highest BCUT2D eigenvalue weighted by Gasteiger charge is 2.20. The van der Waals surface area contributed by atoms with Crippen LogP contribution in [0.15, 0.2) is 81.7 Å². The smallest absolute Gasteiger partial charge is 0.339 e. The Morgan fingerprint density at radius 2 is 1.58 bits per heavy atom. The van der Waals surface area contributed by atoms with Gasteiger partial charge in [-0.25, -0.2) is 4.79 Å². The van der Waals surface area contributed by atoms with Crippen molar-refractivity contribution in [3.63, 3.8) is 0 Å². The normalized spacial score (nSPS) is 10.6. The van der Waals surface area contributed by atoms with Gasteiger partial charge in [0.25, 0.3) is 5.89 Å². The van der Waals surface area contributed by atoms with Gasteiger partial charge >= 0.3 is 5.97 Å². The molecule has 0 atom stereocenters. The fraction of sp³-hybridized carbons (Fsp3) is 0.0435. The van der Waals surface area contributed by atoms with Crippen molar-refractivity contribution in [3.05, 3.63) is 105 Å². The molecule has 0 aliphatic heterocycles. The molecule has 0 saturated heterocycles. The van der Waals surface area contributed by atoms with Crippen LogP contribution in [0.2, 0.25) is 5.02 Å². The summed E-state index contributed by atoms with van der Waals surface area (Å²) in [5.41, 5.74) is 1.54. The summed E-state index contributed by atoms with van der Waals surface area (Å²) in [7, 11) is 0. The van der Waals surface area contributed by atoms with Gasteiger partial charge in [0, 0.05) is 26.2 Å². The number of carbonyl (C=O) groups is 2. The summed E-state index contributed by atoms with van der Waals surface area (Å²) in [5.74, 6) is -0.509. The molecule has 0 aliphatic carbocycles. The number of nitrogens with zero attached hydrogens (tertiary/aromatic N) is 2. The minimum absolute atomic E-state index is 0.146. The zero-order chi connectivity index (χ0) is 21.8. The Morgan fingerprint density at radius 3 is 2.29 bits per heavy atom. The van der Waals surface area contributed by atoms with Crippen LogP contribution in [0.3, 0.4) is 0 Å². The Morgan fingerprint density at radius 1 is 0.903 bits per heavy atom. The molecular weight excluding hydrogens is 484 g/mol. The molecule has 4 rings (SSSR count). The summed E-state index contributed by atoms with van der Waals surface area (Å²) in [5, 5.41) is 8.40. The van der Waals surface area contributed by atoms with E-state index in [0.29, 0.717) is 16.5 Å². The molecule has 8 heteroatoms. The van der Waals surface area contributed by atoms with Crippen LogP contribution in [-0.2, 0) is 11.3 Å². The first-order valence-corrected chi connectivity index (χ1v) is 10.3. The molecule has 0 amide bonds. The third-order valence-electron chi connectivity index (χ3n) is 4.38. The number of ether oxygens (including phenoxy) is 1. The van der Waals surface area contributed by atoms with Crippen LogP contribution in [0.25, 0.3) is 11.5 Å². The predicted octanol–water partition coefficient (Wildman–Crippen LogP) is 5.74. The maximum Gasteiger partial charge on any atom is 0.339 e. The van der Waals surface area contributed by atoms with Crippen LogP contribution < -0.4 is 0 Å². The van der Waals surface area contributed by atoms with Crippen molar-refractivity contribution < 1.29 is 18.7 Å². The fourth-order valence-electron chi connectivity index (χ4n) is 2.84. The number of halogens is 2. The molecule has 0 unspecified atom stereocenters. The molecule has 0 saturated carbocycles. The van der Waals surface area contributed by atoms with E-state index in [4.69, 9.17) is 20.8 Å². The predicted molar refractivity (Wildman–Crippen MR) is 118 cm³/mol. The minimum Gasteiger partial charge on any atom is -0.452 e. The zero-order valence-electron chi connectivity index (χ0n) is 15.9. The van der Waals surface area contributed by atoms with E-state index in [2.05, 4.69) is 26.1 Å². The molecule has 0 aliphatic rings. The van der Waals surface area contributed by atoms with E-state index >= 15 is 0 Å². The van der Waals surface area contributed by atoms with Crippen LogP contribution in [0.4, 0.5) is 0 Å². The summed E-state index contributed by atoms with van der Waals surface area (Å²) < 4.78 is 11.8. The second kappa shape index (κ2) is 9.24. The minimum atomic E-state index is -0.665. The quantitative estimate of drug-likeness (QED) is 0.249. The van der Waals surface area contributed by atoms with E-state index in [1.807, 2.05) is 24.3 Å². The molecule has 154 valence electrons. The average molecular weight is 498 g/mol. The number of ketones is 1. The van der Waals surface area contributed by atoms with Gasteiger partial charge in [0.1, 0.15) is 0 Å². The molecule has 0 spiro atoms. The molecule has 0 fully saturated rings. The molecule has 0 radical (unpaired) electrons. The summed E-state index contributed by atoms with van der Waals surface area (Å²) in [6.07, 6.45) is 0. The van der Waals surface area contributed by atoms with Crippen molar-refractivity contribution in [2.75, 3.05) is 0 Å². The Labute approximate surface area is 191 Å². The number of hydrogen-bond acceptors (Lipinski definition) is 6. The molecule has 0 N–H and O–H groups in total. The number of benzene rings is 3. The SMILES string of the molecule is O=C(OCc1nnc(-c2ccc(Br)cc2)o1)c1ccccc1C(=O)c1ccc(Cl)cc1. The Bertz CT molecular complexity index is 1240. The van der Waals surface area contributed by atoms with Gasteiger partial charge in [-0.15, -0.1) is 10.2 Å². The van der Waals surface area contributed by atoms with E-state index in [-0.39, 0.29) is 29.4 Å². The third kappa shape index (κ3) is 4.90. The van der Waals surface area contributed by atoms with Crippen molar-refractivity contribution in [1.82, 2.24) is 10.2 Å². The standard InChI is InChI=1S/C23H14BrClN2O4/c24-16-9-5-15(6-10-16)22-27-26-20(31-22)13-30-23(29)19-4-2-1-3-18(19)21(28)14-7-11-17(25)12-8-14/h1-12H,13H2. The van der Waals surface area contributed by atoms with Gasteiger partial charge in [-0.1, -0.05) is 45.7 Å². The van der Waals surface area contributed by atoms with E-state index < -0.39 is 5.97 Å². The highest BCUT2D eigenvalue weighted by Crippen LogP contribution is 2.22.